The molecule has 0 saturated carbocycles. The number of nitrogens with zero attached hydrogens (tertiary/aromatic N) is 2. The number of hydrogen-bond donors (Lipinski definition) is 1. The molecule has 0 unspecified atom stereocenters. The van der Waals surface area contributed by atoms with Crippen LogP contribution in [0.3, 0.4) is 0 Å². The van der Waals surface area contributed by atoms with Gasteiger partial charge in [-0.05, 0) is 45.4 Å². The molecule has 0 aromatic heterocycles. The first-order valence-corrected chi connectivity index (χ1v) is 7.96. The molecule has 0 amide bonds. The van der Waals surface area contributed by atoms with Crippen LogP contribution in [0, 0.1) is 0 Å². The fourth-order valence-corrected chi connectivity index (χ4v) is 2.62. The van der Waals surface area contributed by atoms with E-state index in [1.807, 2.05) is 50.1 Å². The lowest BCUT2D eigenvalue weighted by molar-refractivity contribution is -0.155. The average Bonchev–Trinajstić information content (AvgIpc) is 2.40. The number of hydrogen-bond acceptors (Lipinski definition) is 5. The molecular formula is C18H27N3O2. The van der Waals surface area contributed by atoms with Crippen LogP contribution in [0.5, 0.6) is 0 Å². The van der Waals surface area contributed by atoms with Gasteiger partial charge in [0.05, 0.1) is 0 Å². The number of carbonyl (C=O) groups excluding carboxylic acids is 1. The van der Waals surface area contributed by atoms with Gasteiger partial charge in [0, 0.05) is 37.2 Å². The number of esters is 1. The minimum absolute atomic E-state index is 0.189. The molecule has 5 heteroatoms. The predicted molar refractivity (Wildman–Crippen MR) is 92.4 cm³/mol. The third-order valence-corrected chi connectivity index (χ3v) is 3.60. The Morgan fingerprint density at radius 2 is 2.04 bits per heavy atom. The predicted octanol–water partition coefficient (Wildman–Crippen LogP) is 2.59. The van der Waals surface area contributed by atoms with Crippen molar-refractivity contribution in [1.82, 2.24) is 9.80 Å². The van der Waals surface area contributed by atoms with Crippen LogP contribution in [-0.2, 0) is 16.1 Å². The Hall–Kier alpha value is -2.17. The van der Waals surface area contributed by atoms with Crippen LogP contribution < -0.4 is 5.73 Å². The summed E-state index contributed by atoms with van der Waals surface area (Å²) in [6, 6.07) is 7.95. The molecule has 0 atom stereocenters. The first-order valence-electron chi connectivity index (χ1n) is 7.96. The van der Waals surface area contributed by atoms with Crippen molar-refractivity contribution in [3.05, 3.63) is 41.7 Å². The Morgan fingerprint density at radius 1 is 1.30 bits per heavy atom. The highest BCUT2D eigenvalue weighted by Gasteiger charge is 2.21. The molecule has 0 bridgehead atoms. The molecule has 1 aromatic carbocycles. The third kappa shape index (κ3) is 5.51. The lowest BCUT2D eigenvalue weighted by Gasteiger charge is -2.35. The van der Waals surface area contributed by atoms with E-state index >= 15 is 0 Å². The van der Waals surface area contributed by atoms with E-state index in [2.05, 4.69) is 17.9 Å². The van der Waals surface area contributed by atoms with E-state index in [0.717, 1.165) is 31.0 Å². The molecule has 1 aromatic rings. The van der Waals surface area contributed by atoms with E-state index in [4.69, 9.17) is 10.5 Å². The van der Waals surface area contributed by atoms with E-state index in [1.165, 1.54) is 5.56 Å². The fraction of sp³-hybridized carbons (Fsp3) is 0.500. The first-order chi connectivity index (χ1) is 10.7. The van der Waals surface area contributed by atoms with Gasteiger partial charge >= 0.3 is 5.97 Å². The molecule has 0 radical (unpaired) electrons. The topological polar surface area (TPSA) is 58.8 Å². The van der Waals surface area contributed by atoms with Gasteiger partial charge in [-0.1, -0.05) is 12.1 Å². The molecule has 0 aliphatic carbocycles. The average molecular weight is 317 g/mol. The van der Waals surface area contributed by atoms with Crippen molar-refractivity contribution in [3.63, 3.8) is 0 Å². The SMILES string of the molecule is CC1=CN(CC(=O)OC(C)(C)C)CCN1Cc1cccc(N)c1. The highest BCUT2D eigenvalue weighted by molar-refractivity contribution is 5.72. The summed E-state index contributed by atoms with van der Waals surface area (Å²) < 4.78 is 5.37. The number of ether oxygens (including phenoxy) is 1. The van der Waals surface area contributed by atoms with E-state index in [9.17, 15) is 4.79 Å². The summed E-state index contributed by atoms with van der Waals surface area (Å²) in [5.41, 5.74) is 8.51. The van der Waals surface area contributed by atoms with E-state index < -0.39 is 5.60 Å². The van der Waals surface area contributed by atoms with Gasteiger partial charge in [0.25, 0.3) is 0 Å². The van der Waals surface area contributed by atoms with Gasteiger partial charge in [-0.2, -0.15) is 0 Å². The second kappa shape index (κ2) is 6.94. The molecule has 1 aliphatic rings. The maximum atomic E-state index is 11.9. The van der Waals surface area contributed by atoms with Gasteiger partial charge in [-0.25, -0.2) is 0 Å². The molecule has 1 aliphatic heterocycles. The van der Waals surface area contributed by atoms with Crippen LogP contribution in [0.1, 0.15) is 33.3 Å². The zero-order valence-corrected chi connectivity index (χ0v) is 14.5. The number of carbonyl (C=O) groups is 1. The van der Waals surface area contributed by atoms with Crippen molar-refractivity contribution in [1.29, 1.82) is 0 Å². The summed E-state index contributed by atoms with van der Waals surface area (Å²) in [5.74, 6) is -0.189. The Labute approximate surface area is 138 Å². The van der Waals surface area contributed by atoms with Crippen molar-refractivity contribution in [3.8, 4) is 0 Å². The molecule has 1 heterocycles. The minimum Gasteiger partial charge on any atom is -0.459 e. The van der Waals surface area contributed by atoms with Crippen LogP contribution in [0.4, 0.5) is 5.69 Å². The van der Waals surface area contributed by atoms with Crippen molar-refractivity contribution in [2.75, 3.05) is 25.4 Å². The second-order valence-corrected chi connectivity index (χ2v) is 6.99. The highest BCUT2D eigenvalue weighted by Crippen LogP contribution is 2.17. The summed E-state index contributed by atoms with van der Waals surface area (Å²) in [6.07, 6.45) is 2.03. The molecule has 0 fully saturated rings. The maximum absolute atomic E-state index is 11.9. The number of rotatable bonds is 4. The van der Waals surface area contributed by atoms with Crippen LogP contribution in [-0.4, -0.2) is 41.0 Å². The van der Waals surface area contributed by atoms with Crippen molar-refractivity contribution in [2.24, 2.45) is 0 Å². The lowest BCUT2D eigenvalue weighted by Crippen LogP contribution is -2.40. The summed E-state index contributed by atoms with van der Waals surface area (Å²) in [7, 11) is 0. The smallest absolute Gasteiger partial charge is 0.326 e. The zero-order valence-electron chi connectivity index (χ0n) is 14.5. The normalized spacial score (nSPS) is 15.4. The van der Waals surface area contributed by atoms with E-state index in [1.54, 1.807) is 0 Å². The number of nitrogen functional groups attached to an aromatic ring is 1. The Morgan fingerprint density at radius 3 is 2.65 bits per heavy atom. The first kappa shape index (κ1) is 17.2. The fourth-order valence-electron chi connectivity index (χ4n) is 2.62. The molecule has 0 saturated heterocycles. The molecule has 0 spiro atoms. The van der Waals surface area contributed by atoms with Gasteiger partial charge in [-0.15, -0.1) is 0 Å². The van der Waals surface area contributed by atoms with Gasteiger partial charge in [-0.3, -0.25) is 4.79 Å². The Bertz CT molecular complexity index is 590. The van der Waals surface area contributed by atoms with Crippen LogP contribution >= 0.6 is 0 Å². The van der Waals surface area contributed by atoms with Gasteiger partial charge in [0.2, 0.25) is 0 Å². The number of benzene rings is 1. The molecule has 126 valence electrons. The van der Waals surface area contributed by atoms with Crippen molar-refractivity contribution in [2.45, 2.75) is 39.8 Å². The Balaban J connectivity index is 1.93. The van der Waals surface area contributed by atoms with Crippen LogP contribution in [0.25, 0.3) is 0 Å². The summed E-state index contributed by atoms with van der Waals surface area (Å²) >= 11 is 0. The number of anilines is 1. The van der Waals surface area contributed by atoms with Gasteiger partial charge < -0.3 is 20.3 Å². The standard InChI is InChI=1S/C18H27N3O2/c1-14-11-20(13-17(22)23-18(2,3)4)8-9-21(14)12-15-6-5-7-16(19)10-15/h5-7,10-11H,8-9,12-13,19H2,1-4H3. The number of allylic oxidation sites excluding steroid dienone is 1. The monoisotopic (exact) mass is 317 g/mol. The maximum Gasteiger partial charge on any atom is 0.326 e. The quantitative estimate of drug-likeness (QED) is 0.683. The highest BCUT2D eigenvalue weighted by atomic mass is 16.6. The second-order valence-electron chi connectivity index (χ2n) is 6.99. The molecule has 5 nitrogen and oxygen atoms in total. The summed E-state index contributed by atoms with van der Waals surface area (Å²) in [4.78, 5) is 16.2. The van der Waals surface area contributed by atoms with E-state index in [0.29, 0.717) is 6.54 Å². The summed E-state index contributed by atoms with van der Waals surface area (Å²) in [5, 5.41) is 0. The van der Waals surface area contributed by atoms with Crippen LogP contribution in [0.2, 0.25) is 0 Å². The lowest BCUT2D eigenvalue weighted by atomic mass is 10.1. The van der Waals surface area contributed by atoms with Gasteiger partial charge in [0.15, 0.2) is 0 Å². The summed E-state index contributed by atoms with van der Waals surface area (Å²) in [6.45, 7) is 10.5. The Kier molecular flexibility index (Phi) is 5.19. The van der Waals surface area contributed by atoms with Gasteiger partial charge in [0.1, 0.15) is 12.1 Å². The largest absolute Gasteiger partial charge is 0.459 e. The number of nitrogens with two attached hydrogens (primary N) is 1. The van der Waals surface area contributed by atoms with Crippen molar-refractivity contribution < 1.29 is 9.53 Å². The molecular weight excluding hydrogens is 290 g/mol. The van der Waals surface area contributed by atoms with Crippen LogP contribution in [0.15, 0.2) is 36.2 Å². The molecule has 2 N–H and O–H groups in total. The van der Waals surface area contributed by atoms with E-state index in [-0.39, 0.29) is 5.97 Å². The molecule has 23 heavy (non-hydrogen) atoms. The minimum atomic E-state index is -0.440. The molecule has 2 rings (SSSR count). The third-order valence-electron chi connectivity index (χ3n) is 3.60. The van der Waals surface area contributed by atoms with Crippen molar-refractivity contribution >= 4 is 11.7 Å². The zero-order chi connectivity index (χ0) is 17.0.